The third kappa shape index (κ3) is 2.93. The molecule has 20 heavy (non-hydrogen) atoms. The molecule has 5 nitrogen and oxygen atoms in total. The van der Waals surface area contributed by atoms with Crippen molar-refractivity contribution in [3.05, 3.63) is 69.3 Å². The Morgan fingerprint density at radius 1 is 1.30 bits per heavy atom. The zero-order chi connectivity index (χ0) is 14.5. The van der Waals surface area contributed by atoms with Crippen LogP contribution in [0.2, 0.25) is 0 Å². The van der Waals surface area contributed by atoms with Gasteiger partial charge in [-0.25, -0.2) is 0 Å². The van der Waals surface area contributed by atoms with E-state index in [1.165, 1.54) is 12.1 Å². The second-order valence-corrected chi connectivity index (χ2v) is 4.26. The highest BCUT2D eigenvalue weighted by atomic mass is 16.6. The van der Waals surface area contributed by atoms with Gasteiger partial charge in [0, 0.05) is 17.7 Å². The Labute approximate surface area is 116 Å². The summed E-state index contributed by atoms with van der Waals surface area (Å²) in [4.78, 5) is 10.2. The Morgan fingerprint density at radius 3 is 2.70 bits per heavy atom. The standard InChI is InChI=1S/C15H12N2O3/c1-11-8-14(17(18)19)6-7-15(11)20-10-13-5-3-2-4-12(13)9-16/h2-8H,10H2,1H3. The minimum atomic E-state index is -0.443. The molecule has 0 radical (unpaired) electrons. The van der Waals surface area contributed by atoms with E-state index in [2.05, 4.69) is 6.07 Å². The molecule has 2 rings (SSSR count). The molecule has 0 spiro atoms. The number of nitrogens with zero attached hydrogens (tertiary/aromatic N) is 2. The maximum Gasteiger partial charge on any atom is 0.269 e. The van der Waals surface area contributed by atoms with Crippen molar-refractivity contribution in [1.29, 1.82) is 5.26 Å². The Balaban J connectivity index is 2.16. The third-order valence-corrected chi connectivity index (χ3v) is 2.89. The number of ether oxygens (including phenoxy) is 1. The molecule has 0 fully saturated rings. The van der Waals surface area contributed by atoms with Gasteiger partial charge in [0.25, 0.3) is 5.69 Å². The molecule has 2 aromatic carbocycles. The van der Waals surface area contributed by atoms with Crippen molar-refractivity contribution >= 4 is 5.69 Å². The monoisotopic (exact) mass is 268 g/mol. The van der Waals surface area contributed by atoms with Crippen molar-refractivity contribution in [1.82, 2.24) is 0 Å². The van der Waals surface area contributed by atoms with Gasteiger partial charge in [0.1, 0.15) is 12.4 Å². The van der Waals surface area contributed by atoms with Gasteiger partial charge < -0.3 is 4.74 Å². The highest BCUT2D eigenvalue weighted by molar-refractivity contribution is 5.43. The number of nitriles is 1. The van der Waals surface area contributed by atoms with E-state index in [4.69, 9.17) is 10.00 Å². The van der Waals surface area contributed by atoms with Gasteiger partial charge in [0.05, 0.1) is 16.6 Å². The average Bonchev–Trinajstić information content (AvgIpc) is 2.46. The van der Waals surface area contributed by atoms with E-state index in [9.17, 15) is 10.1 Å². The number of nitro benzene ring substituents is 1. The molecule has 0 unspecified atom stereocenters. The second kappa shape index (κ2) is 5.85. The maximum absolute atomic E-state index is 10.7. The van der Waals surface area contributed by atoms with Crippen molar-refractivity contribution < 1.29 is 9.66 Å². The van der Waals surface area contributed by atoms with Crippen LogP contribution < -0.4 is 4.74 Å². The average molecular weight is 268 g/mol. The molecule has 0 aromatic heterocycles. The summed E-state index contributed by atoms with van der Waals surface area (Å²) >= 11 is 0. The van der Waals surface area contributed by atoms with Gasteiger partial charge in [-0.05, 0) is 24.6 Å². The van der Waals surface area contributed by atoms with Crippen LogP contribution in [0.1, 0.15) is 16.7 Å². The SMILES string of the molecule is Cc1cc([N+](=O)[O-])ccc1OCc1ccccc1C#N. The van der Waals surface area contributed by atoms with Gasteiger partial charge in [-0.2, -0.15) is 5.26 Å². The molecule has 100 valence electrons. The van der Waals surface area contributed by atoms with Crippen LogP contribution in [0.5, 0.6) is 5.75 Å². The predicted molar refractivity (Wildman–Crippen MR) is 73.3 cm³/mol. The molecule has 0 aliphatic heterocycles. The van der Waals surface area contributed by atoms with Crippen molar-refractivity contribution in [2.45, 2.75) is 13.5 Å². The van der Waals surface area contributed by atoms with Crippen molar-refractivity contribution in [2.75, 3.05) is 0 Å². The van der Waals surface area contributed by atoms with Crippen LogP contribution in [0.3, 0.4) is 0 Å². The number of nitro groups is 1. The molecule has 0 saturated carbocycles. The van der Waals surface area contributed by atoms with E-state index in [1.54, 1.807) is 25.1 Å². The van der Waals surface area contributed by atoms with Crippen LogP contribution in [0.4, 0.5) is 5.69 Å². The van der Waals surface area contributed by atoms with Crippen LogP contribution in [0, 0.1) is 28.4 Å². The zero-order valence-corrected chi connectivity index (χ0v) is 10.9. The predicted octanol–water partition coefficient (Wildman–Crippen LogP) is 3.35. The lowest BCUT2D eigenvalue weighted by Gasteiger charge is -2.09. The quantitative estimate of drug-likeness (QED) is 0.629. The highest BCUT2D eigenvalue weighted by Gasteiger charge is 2.09. The first-order valence-corrected chi connectivity index (χ1v) is 5.97. The molecule has 0 aliphatic carbocycles. The number of hydrogen-bond donors (Lipinski definition) is 0. The molecule has 0 heterocycles. The Bertz CT molecular complexity index is 690. The van der Waals surface area contributed by atoms with Crippen molar-refractivity contribution in [3.8, 4) is 11.8 Å². The number of aryl methyl sites for hydroxylation is 1. The first-order chi connectivity index (χ1) is 9.61. The van der Waals surface area contributed by atoms with E-state index >= 15 is 0 Å². The van der Waals surface area contributed by atoms with Crippen molar-refractivity contribution in [2.24, 2.45) is 0 Å². The smallest absolute Gasteiger partial charge is 0.269 e. The van der Waals surface area contributed by atoms with Gasteiger partial charge in [-0.15, -0.1) is 0 Å². The van der Waals surface area contributed by atoms with E-state index < -0.39 is 4.92 Å². The zero-order valence-electron chi connectivity index (χ0n) is 10.9. The molecule has 0 saturated heterocycles. The number of hydrogen-bond acceptors (Lipinski definition) is 4. The highest BCUT2D eigenvalue weighted by Crippen LogP contribution is 2.24. The van der Waals surface area contributed by atoms with Crippen LogP contribution in [-0.2, 0) is 6.61 Å². The summed E-state index contributed by atoms with van der Waals surface area (Å²) in [6.45, 7) is 2.00. The molecule has 0 amide bonds. The largest absolute Gasteiger partial charge is 0.489 e. The van der Waals surface area contributed by atoms with E-state index in [0.29, 0.717) is 16.9 Å². The Kier molecular flexibility index (Phi) is 3.96. The Morgan fingerprint density at radius 2 is 2.05 bits per heavy atom. The summed E-state index contributed by atoms with van der Waals surface area (Å²) in [5.41, 5.74) is 2.07. The maximum atomic E-state index is 10.7. The minimum Gasteiger partial charge on any atom is -0.489 e. The van der Waals surface area contributed by atoms with Crippen molar-refractivity contribution in [3.63, 3.8) is 0 Å². The normalized spacial score (nSPS) is 9.80. The lowest BCUT2D eigenvalue weighted by atomic mass is 10.1. The molecular weight excluding hydrogens is 256 g/mol. The fourth-order valence-electron chi connectivity index (χ4n) is 1.82. The minimum absolute atomic E-state index is 0.0345. The molecule has 0 N–H and O–H groups in total. The van der Waals surface area contributed by atoms with Crippen LogP contribution in [0.15, 0.2) is 42.5 Å². The molecule has 2 aromatic rings. The van der Waals surface area contributed by atoms with Gasteiger partial charge in [0.2, 0.25) is 0 Å². The van der Waals surface area contributed by atoms with Crippen LogP contribution >= 0.6 is 0 Å². The van der Waals surface area contributed by atoms with Gasteiger partial charge in [-0.3, -0.25) is 10.1 Å². The number of benzene rings is 2. The molecule has 0 bridgehead atoms. The summed E-state index contributed by atoms with van der Waals surface area (Å²) in [7, 11) is 0. The number of rotatable bonds is 4. The topological polar surface area (TPSA) is 76.2 Å². The lowest BCUT2D eigenvalue weighted by molar-refractivity contribution is -0.384. The third-order valence-electron chi connectivity index (χ3n) is 2.89. The van der Waals surface area contributed by atoms with Gasteiger partial charge >= 0.3 is 0 Å². The van der Waals surface area contributed by atoms with Crippen LogP contribution in [-0.4, -0.2) is 4.92 Å². The lowest BCUT2D eigenvalue weighted by Crippen LogP contribution is -2.00. The summed E-state index contributed by atoms with van der Waals surface area (Å²) in [5, 5.41) is 19.6. The molecule has 0 atom stereocenters. The summed E-state index contributed by atoms with van der Waals surface area (Å²) in [6.07, 6.45) is 0. The Hall–Kier alpha value is -2.87. The van der Waals surface area contributed by atoms with E-state index in [-0.39, 0.29) is 12.3 Å². The summed E-state index contributed by atoms with van der Waals surface area (Å²) in [5.74, 6) is 0.573. The summed E-state index contributed by atoms with van der Waals surface area (Å²) < 4.78 is 5.63. The first-order valence-electron chi connectivity index (χ1n) is 5.97. The molecule has 0 aliphatic rings. The fourth-order valence-corrected chi connectivity index (χ4v) is 1.82. The number of non-ortho nitro benzene ring substituents is 1. The summed E-state index contributed by atoms with van der Waals surface area (Å²) in [6, 6.07) is 13.7. The van der Waals surface area contributed by atoms with E-state index in [1.807, 2.05) is 12.1 Å². The van der Waals surface area contributed by atoms with Crippen LogP contribution in [0.25, 0.3) is 0 Å². The fraction of sp³-hybridized carbons (Fsp3) is 0.133. The second-order valence-electron chi connectivity index (χ2n) is 4.26. The van der Waals surface area contributed by atoms with E-state index in [0.717, 1.165) is 5.56 Å². The van der Waals surface area contributed by atoms with Gasteiger partial charge in [0.15, 0.2) is 0 Å². The first kappa shape index (κ1) is 13.6. The molecular formula is C15H12N2O3. The molecule has 5 heteroatoms. The van der Waals surface area contributed by atoms with Gasteiger partial charge in [-0.1, -0.05) is 18.2 Å².